The molecule has 216 valence electrons. The number of urea groups is 1. The third-order valence-electron chi connectivity index (χ3n) is 7.28. The summed E-state index contributed by atoms with van der Waals surface area (Å²) in [7, 11) is 2.17. The maximum atomic E-state index is 12.3. The van der Waals surface area contributed by atoms with Crippen LogP contribution in [0.2, 0.25) is 0 Å². The Balaban J connectivity index is 1.10. The van der Waals surface area contributed by atoms with E-state index < -0.39 is 0 Å². The lowest BCUT2D eigenvalue weighted by atomic mass is 10.1. The van der Waals surface area contributed by atoms with Gasteiger partial charge in [-0.1, -0.05) is 30.3 Å². The average molecular weight is 572 g/mol. The predicted molar refractivity (Wildman–Crippen MR) is 170 cm³/mol. The van der Waals surface area contributed by atoms with Gasteiger partial charge in [-0.3, -0.25) is 0 Å². The summed E-state index contributed by atoms with van der Waals surface area (Å²) < 4.78 is 6.15. The lowest BCUT2D eigenvalue weighted by Crippen LogP contribution is -2.44. The summed E-state index contributed by atoms with van der Waals surface area (Å²) in [4.78, 5) is 30.9. The highest BCUT2D eigenvalue weighted by atomic mass is 16.5. The molecule has 3 aromatic carbocycles. The van der Waals surface area contributed by atoms with E-state index in [0.717, 1.165) is 54.5 Å². The first-order valence-corrected chi connectivity index (χ1v) is 14.3. The summed E-state index contributed by atoms with van der Waals surface area (Å²) in [5.74, 6) is 1.75. The van der Waals surface area contributed by atoms with Crippen LogP contribution in [0.3, 0.4) is 0 Å². The smallest absolute Gasteiger partial charge is 0.323 e. The maximum absolute atomic E-state index is 12.3. The van der Waals surface area contributed by atoms with Crippen LogP contribution in [0.25, 0.3) is 11.3 Å². The van der Waals surface area contributed by atoms with Gasteiger partial charge in [0.15, 0.2) is 0 Å². The molecular weight excluding hydrogens is 538 g/mol. The number of aromatic nitrogens is 3. The van der Waals surface area contributed by atoms with Gasteiger partial charge in [-0.15, -0.1) is 0 Å². The number of amides is 2. The zero-order valence-electron chi connectivity index (χ0n) is 24.0. The lowest BCUT2D eigenvalue weighted by molar-refractivity contribution is 0.262. The van der Waals surface area contributed by atoms with Crippen LogP contribution in [0.5, 0.6) is 11.6 Å². The summed E-state index contributed by atoms with van der Waals surface area (Å²) in [5.41, 5.74) is 5.26. The van der Waals surface area contributed by atoms with Gasteiger partial charge in [0.25, 0.3) is 0 Å². The topological polar surface area (TPSA) is 95.5 Å². The molecule has 3 heterocycles. The number of piperazine rings is 1. The summed E-state index contributed by atoms with van der Waals surface area (Å²) in [6.45, 7) is 4.25. The molecule has 0 radical (unpaired) electrons. The van der Waals surface area contributed by atoms with Gasteiger partial charge in [0.2, 0.25) is 5.88 Å². The summed E-state index contributed by atoms with van der Waals surface area (Å²) in [6.07, 6.45) is 4.08. The highest BCUT2D eigenvalue weighted by Gasteiger charge is 2.15. The Hall–Kier alpha value is -5.28. The number of hydrogen-bond donors (Lipinski definition) is 2. The summed E-state index contributed by atoms with van der Waals surface area (Å²) in [5, 5.41) is 5.62. The van der Waals surface area contributed by atoms with Gasteiger partial charge in [0.1, 0.15) is 11.6 Å². The Morgan fingerprint density at radius 1 is 0.767 bits per heavy atom. The molecule has 9 heteroatoms. The number of nitrogens with zero attached hydrogens (tertiary/aromatic N) is 5. The van der Waals surface area contributed by atoms with Crippen molar-refractivity contribution in [3.05, 3.63) is 121 Å². The van der Waals surface area contributed by atoms with E-state index in [0.29, 0.717) is 23.7 Å². The zero-order valence-corrected chi connectivity index (χ0v) is 24.0. The Labute approximate surface area is 251 Å². The largest absolute Gasteiger partial charge is 0.438 e. The van der Waals surface area contributed by atoms with Crippen LogP contribution in [0.4, 0.5) is 21.9 Å². The maximum Gasteiger partial charge on any atom is 0.323 e. The first kappa shape index (κ1) is 27.9. The number of carbonyl (C=O) groups excluding carboxylic acids is 1. The molecule has 1 aliphatic rings. The summed E-state index contributed by atoms with van der Waals surface area (Å²) >= 11 is 0. The van der Waals surface area contributed by atoms with Crippen molar-refractivity contribution in [1.82, 2.24) is 19.9 Å². The molecule has 1 saturated heterocycles. The van der Waals surface area contributed by atoms with E-state index in [1.807, 2.05) is 48.5 Å². The second kappa shape index (κ2) is 13.1. The molecule has 43 heavy (non-hydrogen) atoms. The highest BCUT2D eigenvalue weighted by Crippen LogP contribution is 2.31. The minimum Gasteiger partial charge on any atom is -0.438 e. The Kier molecular flexibility index (Phi) is 8.51. The van der Waals surface area contributed by atoms with Crippen LogP contribution in [-0.4, -0.2) is 59.1 Å². The molecule has 2 amide bonds. The molecule has 6 rings (SSSR count). The van der Waals surface area contributed by atoms with Crippen LogP contribution < -0.4 is 20.3 Å². The molecule has 0 aliphatic carbocycles. The van der Waals surface area contributed by atoms with E-state index in [-0.39, 0.29) is 6.03 Å². The first-order chi connectivity index (χ1) is 21.1. The molecule has 0 atom stereocenters. The predicted octanol–water partition coefficient (Wildman–Crippen LogP) is 6.32. The Morgan fingerprint density at radius 3 is 2.23 bits per heavy atom. The molecule has 1 fully saturated rings. The number of rotatable bonds is 8. The second-order valence-corrected chi connectivity index (χ2v) is 10.4. The van der Waals surface area contributed by atoms with E-state index in [4.69, 9.17) is 9.72 Å². The van der Waals surface area contributed by atoms with E-state index in [1.165, 1.54) is 5.69 Å². The molecular formula is C34H33N7O2. The van der Waals surface area contributed by atoms with Gasteiger partial charge in [0, 0.05) is 62.1 Å². The van der Waals surface area contributed by atoms with Crippen molar-refractivity contribution < 1.29 is 9.53 Å². The van der Waals surface area contributed by atoms with Crippen LogP contribution in [0.15, 0.2) is 109 Å². The second-order valence-electron chi connectivity index (χ2n) is 10.4. The molecule has 0 bridgehead atoms. The van der Waals surface area contributed by atoms with Crippen molar-refractivity contribution in [2.45, 2.75) is 6.42 Å². The van der Waals surface area contributed by atoms with Crippen molar-refractivity contribution in [2.75, 3.05) is 48.8 Å². The minimum atomic E-state index is -0.322. The van der Waals surface area contributed by atoms with Gasteiger partial charge < -0.3 is 25.2 Å². The number of pyridine rings is 1. The number of carbonyl (C=O) groups is 1. The molecule has 0 unspecified atom stereocenters. The monoisotopic (exact) mass is 571 g/mol. The normalized spacial score (nSPS) is 13.4. The van der Waals surface area contributed by atoms with Crippen LogP contribution in [-0.2, 0) is 6.42 Å². The third kappa shape index (κ3) is 7.33. The standard InChI is InChI=1S/C34H33N7O2/c1-40-20-22-41(23-21-40)28-13-9-25(10-14-28)24-32-35-19-17-31(39-32)30-8-5-18-36-33(30)43-29-15-11-27(12-16-29)38-34(42)37-26-6-3-2-4-7-26/h2-19H,20-24H2,1H3,(H2,37,38,42). The molecule has 0 spiro atoms. The number of anilines is 3. The van der Waals surface area contributed by atoms with Crippen molar-refractivity contribution in [2.24, 2.45) is 0 Å². The van der Waals surface area contributed by atoms with Crippen LogP contribution in [0.1, 0.15) is 11.4 Å². The van der Waals surface area contributed by atoms with E-state index in [2.05, 4.69) is 61.7 Å². The van der Waals surface area contributed by atoms with Crippen molar-refractivity contribution >= 4 is 23.1 Å². The number of nitrogens with one attached hydrogen (secondary N) is 2. The number of para-hydroxylation sites is 1. The SMILES string of the molecule is CN1CCN(c2ccc(Cc3nccc(-c4cccnc4Oc4ccc(NC(=O)Nc5ccccc5)cc4)n3)cc2)CC1. The molecule has 9 nitrogen and oxygen atoms in total. The number of benzene rings is 3. The van der Waals surface area contributed by atoms with Gasteiger partial charge in [0.05, 0.1) is 11.3 Å². The molecule has 2 N–H and O–H groups in total. The van der Waals surface area contributed by atoms with Crippen molar-refractivity contribution in [1.29, 1.82) is 0 Å². The van der Waals surface area contributed by atoms with E-state index in [9.17, 15) is 4.79 Å². The third-order valence-corrected chi connectivity index (χ3v) is 7.28. The molecule has 0 saturated carbocycles. The fourth-order valence-corrected chi connectivity index (χ4v) is 4.91. The average Bonchev–Trinajstić information content (AvgIpc) is 3.04. The lowest BCUT2D eigenvalue weighted by Gasteiger charge is -2.34. The fraction of sp³-hybridized carbons (Fsp3) is 0.176. The van der Waals surface area contributed by atoms with Crippen molar-refractivity contribution in [3.8, 4) is 22.9 Å². The molecule has 5 aromatic rings. The zero-order chi connectivity index (χ0) is 29.4. The minimum absolute atomic E-state index is 0.322. The highest BCUT2D eigenvalue weighted by molar-refractivity contribution is 5.99. The number of likely N-dealkylation sites (N-methyl/N-ethyl adjacent to an activating group) is 1. The first-order valence-electron chi connectivity index (χ1n) is 14.3. The number of ether oxygens (including phenoxy) is 1. The fourth-order valence-electron chi connectivity index (χ4n) is 4.91. The van der Waals surface area contributed by atoms with E-state index >= 15 is 0 Å². The summed E-state index contributed by atoms with van der Waals surface area (Å²) in [6, 6.07) is 30.4. The van der Waals surface area contributed by atoms with Crippen molar-refractivity contribution in [3.63, 3.8) is 0 Å². The van der Waals surface area contributed by atoms with Gasteiger partial charge in [-0.05, 0) is 79.3 Å². The van der Waals surface area contributed by atoms with Gasteiger partial charge in [-0.25, -0.2) is 19.7 Å². The van der Waals surface area contributed by atoms with Gasteiger partial charge >= 0.3 is 6.03 Å². The quantitative estimate of drug-likeness (QED) is 0.225. The Morgan fingerprint density at radius 2 is 1.49 bits per heavy atom. The van der Waals surface area contributed by atoms with Crippen LogP contribution >= 0.6 is 0 Å². The van der Waals surface area contributed by atoms with Crippen LogP contribution in [0, 0.1) is 0 Å². The van der Waals surface area contributed by atoms with Gasteiger partial charge in [-0.2, -0.15) is 0 Å². The molecule has 2 aromatic heterocycles. The number of hydrogen-bond acceptors (Lipinski definition) is 7. The Bertz CT molecular complexity index is 1650. The van der Waals surface area contributed by atoms with E-state index in [1.54, 1.807) is 36.7 Å². The molecule has 1 aliphatic heterocycles.